The molecule has 0 saturated heterocycles. The van der Waals surface area contributed by atoms with Gasteiger partial charge in [0.25, 0.3) is 0 Å². The topological polar surface area (TPSA) is 26.0 Å². The Balaban J connectivity index is 2.20. The lowest BCUT2D eigenvalue weighted by atomic mass is 10.2. The summed E-state index contributed by atoms with van der Waals surface area (Å²) in [5.41, 5.74) is 7.68. The normalized spacial score (nSPS) is 10.4. The number of nitrogens with two attached hydrogens (primary N) is 1. The highest BCUT2D eigenvalue weighted by Gasteiger charge is 2.00. The quantitative estimate of drug-likeness (QED) is 0.797. The molecule has 3 heteroatoms. The van der Waals surface area contributed by atoms with E-state index in [0.717, 1.165) is 21.0 Å². The van der Waals surface area contributed by atoms with Gasteiger partial charge in [0.05, 0.1) is 0 Å². The highest BCUT2D eigenvalue weighted by atomic mass is 32.2. The van der Waals surface area contributed by atoms with E-state index in [0.29, 0.717) is 0 Å². The van der Waals surface area contributed by atoms with Crippen molar-refractivity contribution in [1.29, 1.82) is 0 Å². The Morgan fingerprint density at radius 3 is 2.25 bits per heavy atom. The Labute approximate surface area is 98.5 Å². The zero-order chi connectivity index (χ0) is 11.5. The second kappa shape index (κ2) is 4.58. The maximum atomic E-state index is 12.7. The van der Waals surface area contributed by atoms with E-state index < -0.39 is 0 Å². The minimum absolute atomic E-state index is 0.215. The molecule has 0 unspecified atom stereocenters. The second-order valence-electron chi connectivity index (χ2n) is 3.57. The number of nitrogen functional groups attached to an aromatic ring is 1. The summed E-state index contributed by atoms with van der Waals surface area (Å²) < 4.78 is 12.7. The third-order valence-electron chi connectivity index (χ3n) is 2.30. The first kappa shape index (κ1) is 11.0. The standard InChI is InChI=1S/C13H12FNS/c1-9-2-5-12(8-13(9)15)16-11-6-3-10(14)4-7-11/h2-8H,15H2,1H3. The van der Waals surface area contributed by atoms with Gasteiger partial charge in [-0.25, -0.2) is 4.39 Å². The van der Waals surface area contributed by atoms with Crippen molar-refractivity contribution in [2.75, 3.05) is 5.73 Å². The molecule has 2 rings (SSSR count). The first-order valence-electron chi connectivity index (χ1n) is 4.95. The van der Waals surface area contributed by atoms with Crippen LogP contribution in [0.2, 0.25) is 0 Å². The van der Waals surface area contributed by atoms with Crippen LogP contribution in [-0.2, 0) is 0 Å². The van der Waals surface area contributed by atoms with Crippen LogP contribution in [0.1, 0.15) is 5.56 Å². The number of hydrogen-bond acceptors (Lipinski definition) is 2. The summed E-state index contributed by atoms with van der Waals surface area (Å²) >= 11 is 1.57. The largest absolute Gasteiger partial charge is 0.398 e. The van der Waals surface area contributed by atoms with E-state index in [1.54, 1.807) is 23.9 Å². The van der Waals surface area contributed by atoms with Gasteiger partial charge in [-0.2, -0.15) is 0 Å². The monoisotopic (exact) mass is 233 g/mol. The SMILES string of the molecule is Cc1ccc(Sc2ccc(F)cc2)cc1N. The second-order valence-corrected chi connectivity index (χ2v) is 4.72. The third kappa shape index (κ3) is 2.55. The highest BCUT2D eigenvalue weighted by molar-refractivity contribution is 7.99. The Kier molecular flexibility index (Phi) is 3.15. The van der Waals surface area contributed by atoms with Gasteiger partial charge in [-0.15, -0.1) is 0 Å². The van der Waals surface area contributed by atoms with E-state index in [-0.39, 0.29) is 5.82 Å². The molecule has 0 aliphatic heterocycles. The molecule has 2 N–H and O–H groups in total. The molecule has 0 fully saturated rings. The molecular formula is C13H12FNS. The Hall–Kier alpha value is -1.48. The fourth-order valence-corrected chi connectivity index (χ4v) is 2.19. The maximum Gasteiger partial charge on any atom is 0.123 e. The minimum Gasteiger partial charge on any atom is -0.398 e. The summed E-state index contributed by atoms with van der Waals surface area (Å²) in [6.45, 7) is 1.97. The first-order chi connectivity index (χ1) is 7.65. The van der Waals surface area contributed by atoms with E-state index in [4.69, 9.17) is 5.73 Å². The van der Waals surface area contributed by atoms with E-state index in [9.17, 15) is 4.39 Å². The van der Waals surface area contributed by atoms with Gasteiger partial charge in [-0.3, -0.25) is 0 Å². The molecule has 0 amide bonds. The maximum absolute atomic E-state index is 12.7. The van der Waals surface area contributed by atoms with Crippen molar-refractivity contribution >= 4 is 17.4 Å². The number of rotatable bonds is 2. The average Bonchev–Trinajstić information content (AvgIpc) is 2.27. The Bertz CT molecular complexity index is 494. The van der Waals surface area contributed by atoms with Crippen molar-refractivity contribution in [3.8, 4) is 0 Å². The van der Waals surface area contributed by atoms with Crippen molar-refractivity contribution < 1.29 is 4.39 Å². The highest BCUT2D eigenvalue weighted by Crippen LogP contribution is 2.29. The van der Waals surface area contributed by atoms with E-state index >= 15 is 0 Å². The molecule has 1 nitrogen and oxygen atoms in total. The van der Waals surface area contributed by atoms with E-state index in [1.165, 1.54) is 12.1 Å². The number of anilines is 1. The van der Waals surface area contributed by atoms with Crippen molar-refractivity contribution in [2.45, 2.75) is 16.7 Å². The molecule has 0 atom stereocenters. The van der Waals surface area contributed by atoms with Gasteiger partial charge < -0.3 is 5.73 Å². The molecule has 0 spiro atoms. The van der Waals surface area contributed by atoms with Gasteiger partial charge in [0.2, 0.25) is 0 Å². The Morgan fingerprint density at radius 1 is 1.00 bits per heavy atom. The number of aryl methyl sites for hydroxylation is 1. The van der Waals surface area contributed by atoms with Crippen LogP contribution in [0, 0.1) is 12.7 Å². The molecule has 0 aliphatic carbocycles. The van der Waals surface area contributed by atoms with Gasteiger partial charge in [-0.1, -0.05) is 17.8 Å². The third-order valence-corrected chi connectivity index (χ3v) is 3.30. The smallest absolute Gasteiger partial charge is 0.123 e. The fraction of sp³-hybridized carbons (Fsp3) is 0.0769. The van der Waals surface area contributed by atoms with Crippen LogP contribution in [0.5, 0.6) is 0 Å². The summed E-state index contributed by atoms with van der Waals surface area (Å²) in [6, 6.07) is 12.4. The predicted molar refractivity (Wildman–Crippen MR) is 66.1 cm³/mol. The van der Waals surface area contributed by atoms with Crippen molar-refractivity contribution in [2.24, 2.45) is 0 Å². The lowest BCUT2D eigenvalue weighted by molar-refractivity contribution is 0.626. The zero-order valence-corrected chi connectivity index (χ0v) is 9.72. The molecule has 0 aliphatic rings. The van der Waals surface area contributed by atoms with Crippen LogP contribution >= 0.6 is 11.8 Å². The van der Waals surface area contributed by atoms with Crippen LogP contribution in [0.15, 0.2) is 52.3 Å². The summed E-state index contributed by atoms with van der Waals surface area (Å²) in [6.07, 6.45) is 0. The van der Waals surface area contributed by atoms with Gasteiger partial charge in [0.1, 0.15) is 5.82 Å². The Morgan fingerprint density at radius 2 is 1.62 bits per heavy atom. The summed E-state index contributed by atoms with van der Waals surface area (Å²) in [5.74, 6) is -0.215. The first-order valence-corrected chi connectivity index (χ1v) is 5.76. The molecule has 0 saturated carbocycles. The van der Waals surface area contributed by atoms with Gasteiger partial charge in [0.15, 0.2) is 0 Å². The fourth-order valence-electron chi connectivity index (χ4n) is 1.32. The van der Waals surface area contributed by atoms with Crippen LogP contribution in [-0.4, -0.2) is 0 Å². The molecule has 82 valence electrons. The number of hydrogen-bond donors (Lipinski definition) is 1. The summed E-state index contributed by atoms with van der Waals surface area (Å²) in [4.78, 5) is 2.07. The predicted octanol–water partition coefficient (Wildman–Crippen LogP) is 3.87. The van der Waals surface area contributed by atoms with Gasteiger partial charge in [0, 0.05) is 15.5 Å². The van der Waals surface area contributed by atoms with Gasteiger partial charge >= 0.3 is 0 Å². The van der Waals surface area contributed by atoms with Crippen molar-refractivity contribution in [1.82, 2.24) is 0 Å². The zero-order valence-electron chi connectivity index (χ0n) is 8.91. The number of halogens is 1. The average molecular weight is 233 g/mol. The van der Waals surface area contributed by atoms with Crippen LogP contribution in [0.3, 0.4) is 0 Å². The molecule has 2 aromatic rings. The molecule has 2 aromatic carbocycles. The molecular weight excluding hydrogens is 221 g/mol. The number of benzene rings is 2. The molecule has 16 heavy (non-hydrogen) atoms. The molecule has 0 heterocycles. The molecule has 0 radical (unpaired) electrons. The minimum atomic E-state index is -0.215. The van der Waals surface area contributed by atoms with Crippen LogP contribution < -0.4 is 5.73 Å². The summed E-state index contributed by atoms with van der Waals surface area (Å²) in [5, 5.41) is 0. The molecule has 0 bridgehead atoms. The lowest BCUT2D eigenvalue weighted by Gasteiger charge is -2.04. The summed E-state index contributed by atoms with van der Waals surface area (Å²) in [7, 11) is 0. The van der Waals surface area contributed by atoms with E-state index in [1.807, 2.05) is 25.1 Å². The lowest BCUT2D eigenvalue weighted by Crippen LogP contribution is -1.88. The van der Waals surface area contributed by atoms with Crippen molar-refractivity contribution in [3.63, 3.8) is 0 Å². The van der Waals surface area contributed by atoms with E-state index in [2.05, 4.69) is 0 Å². The molecule has 0 aromatic heterocycles. The van der Waals surface area contributed by atoms with Crippen molar-refractivity contribution in [3.05, 3.63) is 53.8 Å². The van der Waals surface area contributed by atoms with Gasteiger partial charge in [-0.05, 0) is 48.9 Å². The van der Waals surface area contributed by atoms with Crippen LogP contribution in [0.25, 0.3) is 0 Å². The van der Waals surface area contributed by atoms with Crippen LogP contribution in [0.4, 0.5) is 10.1 Å².